The van der Waals surface area contributed by atoms with E-state index < -0.39 is 10.5 Å². The first kappa shape index (κ1) is 10.5. The van der Waals surface area contributed by atoms with E-state index in [0.717, 1.165) is 25.2 Å². The highest BCUT2D eigenvalue weighted by molar-refractivity contribution is 5.31. The number of nitro groups is 1. The summed E-state index contributed by atoms with van der Waals surface area (Å²) < 4.78 is 1.60. The highest BCUT2D eigenvalue weighted by Crippen LogP contribution is 2.32. The van der Waals surface area contributed by atoms with Gasteiger partial charge in [0, 0.05) is 30.8 Å². The molecule has 1 aromatic heterocycles. The van der Waals surface area contributed by atoms with Gasteiger partial charge in [-0.1, -0.05) is 0 Å². The van der Waals surface area contributed by atoms with Gasteiger partial charge in [0.1, 0.15) is 0 Å². The Morgan fingerprint density at radius 1 is 1.41 bits per heavy atom. The normalized spacial score (nSPS) is 26.4. The Kier molecular flexibility index (Phi) is 2.25. The molecule has 2 aliphatic heterocycles. The fourth-order valence-electron chi connectivity index (χ4n) is 2.92. The number of piperidine rings is 1. The highest BCUT2D eigenvalue weighted by atomic mass is 16.6. The predicted molar refractivity (Wildman–Crippen MR) is 61.1 cm³/mol. The molecule has 2 atom stereocenters. The van der Waals surface area contributed by atoms with Crippen molar-refractivity contribution in [1.29, 1.82) is 0 Å². The minimum absolute atomic E-state index is 0.316. The number of nitrogens with one attached hydrogen (secondary N) is 1. The number of nitrogens with zero attached hydrogens (tertiary/aromatic N) is 2. The van der Waals surface area contributed by atoms with Crippen molar-refractivity contribution in [3.63, 3.8) is 0 Å². The van der Waals surface area contributed by atoms with Crippen LogP contribution in [0.1, 0.15) is 18.0 Å². The molecule has 0 aromatic carbocycles. The zero-order chi connectivity index (χ0) is 12.0. The second-order valence-corrected chi connectivity index (χ2v) is 4.77. The van der Waals surface area contributed by atoms with Gasteiger partial charge >= 0.3 is 11.2 Å². The fourth-order valence-corrected chi connectivity index (χ4v) is 2.92. The lowest BCUT2D eigenvalue weighted by Crippen LogP contribution is -2.45. The summed E-state index contributed by atoms with van der Waals surface area (Å²) in [5.74, 6) is 0.733. The van der Waals surface area contributed by atoms with Crippen molar-refractivity contribution in [1.82, 2.24) is 9.88 Å². The summed E-state index contributed by atoms with van der Waals surface area (Å²) in [4.78, 5) is 22.1. The highest BCUT2D eigenvalue weighted by Gasteiger charge is 2.32. The quantitative estimate of drug-likeness (QED) is 0.566. The summed E-state index contributed by atoms with van der Waals surface area (Å²) in [5.41, 5.74) is 0.162. The van der Waals surface area contributed by atoms with Crippen LogP contribution in [0.4, 0.5) is 5.69 Å². The SMILES string of the molecule is O=c1c([N+](=O)[O-])ccc2n1C[C@@H]1CNC[C@@H]2C1. The molecule has 90 valence electrons. The number of hydrogen-bond acceptors (Lipinski definition) is 4. The molecule has 0 unspecified atom stereocenters. The first-order valence-electron chi connectivity index (χ1n) is 5.75. The zero-order valence-corrected chi connectivity index (χ0v) is 9.26. The number of fused-ring (bicyclic) bond motifs is 4. The maximum atomic E-state index is 12.0. The van der Waals surface area contributed by atoms with E-state index in [1.165, 1.54) is 6.07 Å². The molecule has 3 heterocycles. The molecule has 0 amide bonds. The first-order chi connectivity index (χ1) is 8.16. The lowest BCUT2D eigenvalue weighted by atomic mass is 9.84. The molecule has 0 saturated carbocycles. The van der Waals surface area contributed by atoms with Crippen LogP contribution >= 0.6 is 0 Å². The molecule has 1 aromatic rings. The van der Waals surface area contributed by atoms with E-state index in [1.807, 2.05) is 0 Å². The minimum atomic E-state index is -0.599. The van der Waals surface area contributed by atoms with Crippen LogP contribution in [-0.2, 0) is 6.54 Å². The van der Waals surface area contributed by atoms with E-state index in [-0.39, 0.29) is 5.69 Å². The Bertz CT molecular complexity index is 537. The molecule has 17 heavy (non-hydrogen) atoms. The van der Waals surface area contributed by atoms with Gasteiger partial charge < -0.3 is 9.88 Å². The summed E-state index contributed by atoms with van der Waals surface area (Å²) in [6, 6.07) is 3.07. The maximum absolute atomic E-state index is 12.0. The molecule has 0 radical (unpaired) electrons. The second-order valence-electron chi connectivity index (χ2n) is 4.77. The van der Waals surface area contributed by atoms with Gasteiger partial charge in [-0.2, -0.15) is 0 Å². The number of hydrogen-bond donors (Lipinski definition) is 1. The van der Waals surface area contributed by atoms with Crippen molar-refractivity contribution in [3.05, 3.63) is 38.3 Å². The smallest absolute Gasteiger partial charge is 0.316 e. The lowest BCUT2D eigenvalue weighted by molar-refractivity contribution is -0.386. The van der Waals surface area contributed by atoms with Gasteiger partial charge in [0.15, 0.2) is 0 Å². The molecule has 1 saturated heterocycles. The van der Waals surface area contributed by atoms with Gasteiger partial charge in [-0.15, -0.1) is 0 Å². The maximum Gasteiger partial charge on any atom is 0.334 e. The average molecular weight is 235 g/mol. The van der Waals surface area contributed by atoms with Crippen molar-refractivity contribution in [3.8, 4) is 0 Å². The summed E-state index contributed by atoms with van der Waals surface area (Å²) in [7, 11) is 0. The van der Waals surface area contributed by atoms with Gasteiger partial charge in [0.05, 0.1) is 4.92 Å². The molecule has 2 bridgehead atoms. The molecule has 6 heteroatoms. The molecule has 0 spiro atoms. The van der Waals surface area contributed by atoms with Crippen molar-refractivity contribution in [2.45, 2.75) is 18.9 Å². The van der Waals surface area contributed by atoms with E-state index >= 15 is 0 Å². The molecule has 1 N–H and O–H groups in total. The fraction of sp³-hybridized carbons (Fsp3) is 0.545. The van der Waals surface area contributed by atoms with Crippen LogP contribution in [0.25, 0.3) is 0 Å². The number of rotatable bonds is 1. The largest absolute Gasteiger partial charge is 0.334 e. The zero-order valence-electron chi connectivity index (χ0n) is 9.26. The Morgan fingerprint density at radius 2 is 2.24 bits per heavy atom. The van der Waals surface area contributed by atoms with E-state index in [2.05, 4.69) is 5.32 Å². The van der Waals surface area contributed by atoms with Crippen molar-refractivity contribution >= 4 is 5.69 Å². The Labute approximate surface area is 97.4 Å². The summed E-state index contributed by atoms with van der Waals surface area (Å²) in [6.07, 6.45) is 1.07. The molecule has 0 aliphatic carbocycles. The summed E-state index contributed by atoms with van der Waals surface area (Å²) in [5, 5.41) is 14.1. The Morgan fingerprint density at radius 3 is 3.00 bits per heavy atom. The van der Waals surface area contributed by atoms with Crippen LogP contribution in [0.3, 0.4) is 0 Å². The average Bonchev–Trinajstić information content (AvgIpc) is 2.30. The van der Waals surface area contributed by atoms with Crippen molar-refractivity contribution < 1.29 is 4.92 Å². The standard InChI is InChI=1S/C11H13N3O3/c15-11-10(14(16)17)2-1-9-8-3-7(4-12-5-8)6-13(9)11/h1-2,7-8,12H,3-6H2/t7-,8-/m0/s1. The summed E-state index contributed by atoms with van der Waals surface area (Å²) >= 11 is 0. The van der Waals surface area contributed by atoms with Crippen molar-refractivity contribution in [2.75, 3.05) is 13.1 Å². The third-order valence-corrected chi connectivity index (χ3v) is 3.69. The monoisotopic (exact) mass is 235 g/mol. The van der Waals surface area contributed by atoms with Crippen LogP contribution < -0.4 is 10.9 Å². The third-order valence-electron chi connectivity index (χ3n) is 3.69. The molecular weight excluding hydrogens is 222 g/mol. The molecule has 1 fully saturated rings. The van der Waals surface area contributed by atoms with Gasteiger partial charge in [-0.25, -0.2) is 0 Å². The molecular formula is C11H13N3O3. The summed E-state index contributed by atoms with van der Waals surface area (Å²) in [6.45, 7) is 2.35. The van der Waals surface area contributed by atoms with Crippen molar-refractivity contribution in [2.24, 2.45) is 5.92 Å². The third kappa shape index (κ3) is 1.56. The van der Waals surface area contributed by atoms with Gasteiger partial charge in [0.25, 0.3) is 0 Å². The van der Waals surface area contributed by atoms with Gasteiger partial charge in [0.2, 0.25) is 0 Å². The van der Waals surface area contributed by atoms with Crippen LogP contribution in [-0.4, -0.2) is 22.6 Å². The van der Waals surface area contributed by atoms with Crippen LogP contribution in [0.2, 0.25) is 0 Å². The second kappa shape index (κ2) is 3.66. The van der Waals surface area contributed by atoms with Crippen LogP contribution in [0.15, 0.2) is 16.9 Å². The first-order valence-corrected chi connectivity index (χ1v) is 5.75. The van der Waals surface area contributed by atoms with Crippen LogP contribution in [0, 0.1) is 16.0 Å². The predicted octanol–water partition coefficient (Wildman–Crippen LogP) is 0.463. The number of pyridine rings is 1. The lowest BCUT2D eigenvalue weighted by Gasteiger charge is -2.37. The molecule has 3 rings (SSSR count). The number of aromatic nitrogens is 1. The molecule has 6 nitrogen and oxygen atoms in total. The Hall–Kier alpha value is -1.69. The Balaban J connectivity index is 2.15. The van der Waals surface area contributed by atoms with E-state index in [9.17, 15) is 14.9 Å². The van der Waals surface area contributed by atoms with E-state index in [0.29, 0.717) is 18.4 Å². The van der Waals surface area contributed by atoms with Gasteiger partial charge in [-0.05, 0) is 24.9 Å². The molecule has 2 aliphatic rings. The van der Waals surface area contributed by atoms with E-state index in [1.54, 1.807) is 10.6 Å². The van der Waals surface area contributed by atoms with Gasteiger partial charge in [-0.3, -0.25) is 14.9 Å². The topological polar surface area (TPSA) is 77.2 Å². The minimum Gasteiger partial charge on any atom is -0.316 e. The van der Waals surface area contributed by atoms with Crippen LogP contribution in [0.5, 0.6) is 0 Å². The van der Waals surface area contributed by atoms with E-state index in [4.69, 9.17) is 0 Å².